The summed E-state index contributed by atoms with van der Waals surface area (Å²) in [7, 11) is 0. The predicted octanol–water partition coefficient (Wildman–Crippen LogP) is 4.80. The molecular weight excluding hydrogens is 192 g/mol. The third-order valence-electron chi connectivity index (χ3n) is 2.33. The lowest BCUT2D eigenvalue weighted by Crippen LogP contribution is -1.90. The van der Waals surface area contributed by atoms with E-state index in [-0.39, 0.29) is 0 Å². The molecule has 1 atom stereocenters. The fraction of sp³-hybridized carbons (Fsp3) is 0.385. The van der Waals surface area contributed by atoms with Crippen LogP contribution in [0.2, 0.25) is 5.02 Å². The fourth-order valence-electron chi connectivity index (χ4n) is 1.39. The van der Waals surface area contributed by atoms with Crippen LogP contribution < -0.4 is 0 Å². The van der Waals surface area contributed by atoms with Crippen LogP contribution >= 0.6 is 11.6 Å². The summed E-state index contributed by atoms with van der Waals surface area (Å²) in [6.07, 6.45) is 6.69. The normalized spacial score (nSPS) is 13.4. The number of halogens is 1. The van der Waals surface area contributed by atoms with Gasteiger partial charge >= 0.3 is 0 Å². The number of rotatable bonds is 4. The Bertz CT molecular complexity index is 285. The first-order valence-electron chi connectivity index (χ1n) is 5.14. The molecule has 76 valence electrons. The van der Waals surface area contributed by atoms with E-state index in [1.54, 1.807) is 0 Å². The number of allylic oxidation sites excluding steroid dienone is 2. The Balaban J connectivity index is 2.56. The van der Waals surface area contributed by atoms with Gasteiger partial charge in [-0.1, -0.05) is 49.7 Å². The minimum atomic E-state index is 0.579. The molecule has 0 spiro atoms. The highest BCUT2D eigenvalue weighted by molar-refractivity contribution is 6.30. The van der Waals surface area contributed by atoms with E-state index in [0.29, 0.717) is 5.92 Å². The Morgan fingerprint density at radius 1 is 1.21 bits per heavy atom. The van der Waals surface area contributed by atoms with Crippen molar-refractivity contribution in [3.8, 4) is 0 Å². The molecule has 1 aromatic carbocycles. The van der Waals surface area contributed by atoms with E-state index in [0.717, 1.165) is 17.9 Å². The van der Waals surface area contributed by atoms with Gasteiger partial charge in [0, 0.05) is 5.02 Å². The highest BCUT2D eigenvalue weighted by Gasteiger charge is 2.02. The Labute approximate surface area is 91.6 Å². The molecule has 0 aliphatic carbocycles. The molecule has 0 aliphatic rings. The molecule has 0 nitrogen and oxygen atoms in total. The molecule has 0 saturated carbocycles. The second-order valence-corrected chi connectivity index (χ2v) is 4.00. The Morgan fingerprint density at radius 2 is 1.86 bits per heavy atom. The molecule has 0 heterocycles. The van der Waals surface area contributed by atoms with Crippen LogP contribution in [0.25, 0.3) is 0 Å². The minimum Gasteiger partial charge on any atom is -0.0888 e. The van der Waals surface area contributed by atoms with Crippen LogP contribution in [0.5, 0.6) is 0 Å². The third-order valence-corrected chi connectivity index (χ3v) is 2.58. The van der Waals surface area contributed by atoms with E-state index in [1.807, 2.05) is 12.1 Å². The molecule has 1 heteroatoms. The molecule has 1 unspecified atom stereocenters. The molecule has 1 rings (SSSR count). The Morgan fingerprint density at radius 3 is 2.43 bits per heavy atom. The molecule has 0 saturated heterocycles. The van der Waals surface area contributed by atoms with Crippen LogP contribution in [-0.4, -0.2) is 0 Å². The van der Waals surface area contributed by atoms with Crippen molar-refractivity contribution in [2.45, 2.75) is 32.6 Å². The lowest BCUT2D eigenvalue weighted by Gasteiger charge is -2.08. The summed E-state index contributed by atoms with van der Waals surface area (Å²) < 4.78 is 0. The average molecular weight is 209 g/mol. The summed E-state index contributed by atoms with van der Waals surface area (Å²) in [6, 6.07) is 8.12. The van der Waals surface area contributed by atoms with Gasteiger partial charge in [-0.05, 0) is 36.5 Å². The summed E-state index contributed by atoms with van der Waals surface area (Å²) in [5.74, 6) is 0.579. The van der Waals surface area contributed by atoms with E-state index >= 15 is 0 Å². The zero-order chi connectivity index (χ0) is 10.4. The SMILES string of the molecule is CC/C=C\CC(C)c1ccc(Cl)cc1. The van der Waals surface area contributed by atoms with Crippen molar-refractivity contribution >= 4 is 11.6 Å². The molecule has 0 aliphatic heterocycles. The predicted molar refractivity (Wildman–Crippen MR) is 63.9 cm³/mol. The van der Waals surface area contributed by atoms with Gasteiger partial charge in [-0.3, -0.25) is 0 Å². The average Bonchev–Trinajstić information content (AvgIpc) is 2.19. The van der Waals surface area contributed by atoms with Crippen LogP contribution in [0.3, 0.4) is 0 Å². The van der Waals surface area contributed by atoms with Gasteiger partial charge < -0.3 is 0 Å². The summed E-state index contributed by atoms with van der Waals surface area (Å²) >= 11 is 5.83. The van der Waals surface area contributed by atoms with Gasteiger partial charge in [0.25, 0.3) is 0 Å². The van der Waals surface area contributed by atoms with Crippen LogP contribution in [0, 0.1) is 0 Å². The lowest BCUT2D eigenvalue weighted by atomic mass is 9.98. The van der Waals surface area contributed by atoms with Gasteiger partial charge in [-0.2, -0.15) is 0 Å². The quantitative estimate of drug-likeness (QED) is 0.624. The van der Waals surface area contributed by atoms with Gasteiger partial charge in [0.2, 0.25) is 0 Å². The molecule has 0 amide bonds. The lowest BCUT2D eigenvalue weighted by molar-refractivity contribution is 0.778. The van der Waals surface area contributed by atoms with Crippen molar-refractivity contribution in [2.24, 2.45) is 0 Å². The van der Waals surface area contributed by atoms with Crippen LogP contribution in [0.4, 0.5) is 0 Å². The van der Waals surface area contributed by atoms with Crippen molar-refractivity contribution in [1.82, 2.24) is 0 Å². The first kappa shape index (κ1) is 11.3. The van der Waals surface area contributed by atoms with Crippen molar-refractivity contribution < 1.29 is 0 Å². The highest BCUT2D eigenvalue weighted by Crippen LogP contribution is 2.21. The smallest absolute Gasteiger partial charge is 0.0406 e. The number of hydrogen-bond donors (Lipinski definition) is 0. The Kier molecular flexibility index (Phi) is 4.75. The molecule has 0 bridgehead atoms. The number of benzene rings is 1. The molecule has 0 radical (unpaired) electrons. The number of hydrogen-bond acceptors (Lipinski definition) is 0. The van der Waals surface area contributed by atoms with E-state index < -0.39 is 0 Å². The maximum atomic E-state index is 5.83. The maximum absolute atomic E-state index is 5.83. The monoisotopic (exact) mass is 208 g/mol. The van der Waals surface area contributed by atoms with Crippen molar-refractivity contribution in [2.75, 3.05) is 0 Å². The molecule has 1 aromatic rings. The first-order valence-corrected chi connectivity index (χ1v) is 5.52. The van der Waals surface area contributed by atoms with Crippen molar-refractivity contribution in [3.05, 3.63) is 47.0 Å². The topological polar surface area (TPSA) is 0 Å². The van der Waals surface area contributed by atoms with Crippen LogP contribution in [-0.2, 0) is 0 Å². The van der Waals surface area contributed by atoms with Gasteiger partial charge in [0.05, 0.1) is 0 Å². The van der Waals surface area contributed by atoms with Crippen molar-refractivity contribution in [1.29, 1.82) is 0 Å². The molecule has 0 fully saturated rings. The molecule has 0 aromatic heterocycles. The second kappa shape index (κ2) is 5.87. The Hall–Kier alpha value is -0.750. The summed E-state index contributed by atoms with van der Waals surface area (Å²) in [5, 5.41) is 0.810. The van der Waals surface area contributed by atoms with Gasteiger partial charge in [-0.25, -0.2) is 0 Å². The third kappa shape index (κ3) is 3.55. The largest absolute Gasteiger partial charge is 0.0888 e. The molecule has 14 heavy (non-hydrogen) atoms. The van der Waals surface area contributed by atoms with Gasteiger partial charge in [-0.15, -0.1) is 0 Å². The zero-order valence-corrected chi connectivity index (χ0v) is 9.59. The van der Waals surface area contributed by atoms with Crippen molar-refractivity contribution in [3.63, 3.8) is 0 Å². The maximum Gasteiger partial charge on any atom is 0.0406 e. The summed E-state index contributed by atoms with van der Waals surface area (Å²) in [5.41, 5.74) is 1.36. The zero-order valence-electron chi connectivity index (χ0n) is 8.83. The summed E-state index contributed by atoms with van der Waals surface area (Å²) in [6.45, 7) is 4.40. The second-order valence-electron chi connectivity index (χ2n) is 3.57. The van der Waals surface area contributed by atoms with E-state index in [1.165, 1.54) is 5.56 Å². The minimum absolute atomic E-state index is 0.579. The van der Waals surface area contributed by atoms with E-state index in [9.17, 15) is 0 Å². The van der Waals surface area contributed by atoms with Gasteiger partial charge in [0.1, 0.15) is 0 Å². The van der Waals surface area contributed by atoms with Crippen LogP contribution in [0.1, 0.15) is 38.2 Å². The fourth-order valence-corrected chi connectivity index (χ4v) is 1.52. The van der Waals surface area contributed by atoms with Gasteiger partial charge in [0.15, 0.2) is 0 Å². The standard InChI is InChI=1S/C13H17Cl/c1-3-4-5-6-11(2)12-7-9-13(14)10-8-12/h4-5,7-11H,3,6H2,1-2H3/b5-4-. The van der Waals surface area contributed by atoms with Crippen LogP contribution in [0.15, 0.2) is 36.4 Å². The van der Waals surface area contributed by atoms with E-state index in [2.05, 4.69) is 38.1 Å². The molecule has 0 N–H and O–H groups in total. The molecular formula is C13H17Cl. The summed E-state index contributed by atoms with van der Waals surface area (Å²) in [4.78, 5) is 0. The van der Waals surface area contributed by atoms with E-state index in [4.69, 9.17) is 11.6 Å². The highest BCUT2D eigenvalue weighted by atomic mass is 35.5. The first-order chi connectivity index (χ1) is 6.74.